The van der Waals surface area contributed by atoms with Gasteiger partial charge in [0.15, 0.2) is 0 Å². The molecule has 0 aliphatic heterocycles. The summed E-state index contributed by atoms with van der Waals surface area (Å²) in [6.45, 7) is 7.66. The summed E-state index contributed by atoms with van der Waals surface area (Å²) >= 11 is 0. The molecule has 104 valence electrons. The van der Waals surface area contributed by atoms with Gasteiger partial charge in [0.2, 0.25) is 0 Å². The van der Waals surface area contributed by atoms with Crippen molar-refractivity contribution >= 4 is 11.0 Å². The highest BCUT2D eigenvalue weighted by molar-refractivity contribution is 5.74. The summed E-state index contributed by atoms with van der Waals surface area (Å²) in [4.78, 5) is 4.42. The van der Waals surface area contributed by atoms with Gasteiger partial charge in [0.1, 0.15) is 0 Å². The van der Waals surface area contributed by atoms with Crippen LogP contribution in [0.1, 0.15) is 20.3 Å². The van der Waals surface area contributed by atoms with Crippen molar-refractivity contribution in [3.8, 4) is 0 Å². The molecule has 0 saturated heterocycles. The molecule has 0 aliphatic carbocycles. The van der Waals surface area contributed by atoms with Crippen LogP contribution in [0.4, 0.5) is 0 Å². The van der Waals surface area contributed by atoms with Crippen LogP contribution in [0.15, 0.2) is 30.6 Å². The Morgan fingerprint density at radius 3 is 2.95 bits per heavy atom. The van der Waals surface area contributed by atoms with Gasteiger partial charge in [-0.1, -0.05) is 26.0 Å². The SMILES string of the molecule is CCCOCC(Cn1cnc2ccccc21)NCC. The molecule has 0 bridgehead atoms. The van der Waals surface area contributed by atoms with Crippen LogP contribution >= 0.6 is 0 Å². The van der Waals surface area contributed by atoms with E-state index in [2.05, 4.69) is 40.8 Å². The minimum atomic E-state index is 0.328. The van der Waals surface area contributed by atoms with Gasteiger partial charge in [-0.2, -0.15) is 0 Å². The number of para-hydroxylation sites is 2. The quantitative estimate of drug-likeness (QED) is 0.742. The molecule has 1 unspecified atom stereocenters. The summed E-state index contributed by atoms with van der Waals surface area (Å²) in [5, 5.41) is 3.47. The van der Waals surface area contributed by atoms with E-state index in [1.165, 1.54) is 5.52 Å². The van der Waals surface area contributed by atoms with E-state index in [9.17, 15) is 0 Å². The molecule has 0 radical (unpaired) electrons. The van der Waals surface area contributed by atoms with Crippen LogP contribution in [0.5, 0.6) is 0 Å². The Bertz CT molecular complexity index is 495. The lowest BCUT2D eigenvalue weighted by Gasteiger charge is -2.18. The summed E-state index contributed by atoms with van der Waals surface area (Å²) in [6.07, 6.45) is 2.97. The van der Waals surface area contributed by atoms with Crippen molar-refractivity contribution in [3.63, 3.8) is 0 Å². The molecule has 1 N–H and O–H groups in total. The third kappa shape index (κ3) is 3.78. The number of likely N-dealkylation sites (N-methyl/N-ethyl adjacent to an activating group) is 1. The zero-order valence-electron chi connectivity index (χ0n) is 11.8. The summed E-state index contributed by atoms with van der Waals surface area (Å²) in [7, 11) is 0. The fourth-order valence-corrected chi connectivity index (χ4v) is 2.23. The highest BCUT2D eigenvalue weighted by atomic mass is 16.5. The average molecular weight is 261 g/mol. The van der Waals surface area contributed by atoms with Crippen LogP contribution in [0.2, 0.25) is 0 Å². The number of aromatic nitrogens is 2. The second kappa shape index (κ2) is 7.26. The van der Waals surface area contributed by atoms with Crippen molar-refractivity contribution in [3.05, 3.63) is 30.6 Å². The molecule has 4 heteroatoms. The number of fused-ring (bicyclic) bond motifs is 1. The molecule has 1 heterocycles. The van der Waals surface area contributed by atoms with E-state index in [0.29, 0.717) is 6.04 Å². The first-order valence-corrected chi connectivity index (χ1v) is 7.06. The predicted octanol–water partition coefficient (Wildman–Crippen LogP) is 2.44. The number of rotatable bonds is 8. The van der Waals surface area contributed by atoms with Crippen LogP contribution in [0.3, 0.4) is 0 Å². The van der Waals surface area contributed by atoms with Gasteiger partial charge in [-0.3, -0.25) is 0 Å². The van der Waals surface area contributed by atoms with Gasteiger partial charge in [0.25, 0.3) is 0 Å². The molecule has 0 fully saturated rings. The first-order chi connectivity index (χ1) is 9.35. The van der Waals surface area contributed by atoms with Crippen LogP contribution in [0, 0.1) is 0 Å². The number of hydrogen-bond acceptors (Lipinski definition) is 3. The highest BCUT2D eigenvalue weighted by Gasteiger charge is 2.10. The lowest BCUT2D eigenvalue weighted by atomic mass is 10.2. The van der Waals surface area contributed by atoms with Gasteiger partial charge in [0.05, 0.1) is 24.0 Å². The minimum absolute atomic E-state index is 0.328. The van der Waals surface area contributed by atoms with E-state index >= 15 is 0 Å². The van der Waals surface area contributed by atoms with Gasteiger partial charge < -0.3 is 14.6 Å². The average Bonchev–Trinajstić information content (AvgIpc) is 2.83. The molecule has 0 saturated carbocycles. The Labute approximate surface area is 114 Å². The standard InChI is InChI=1S/C15H23N3O/c1-3-9-19-11-13(16-4-2)10-18-12-17-14-7-5-6-8-15(14)18/h5-8,12-13,16H,3-4,9-11H2,1-2H3. The Kier molecular flexibility index (Phi) is 5.36. The maximum Gasteiger partial charge on any atom is 0.0958 e. The topological polar surface area (TPSA) is 39.1 Å². The van der Waals surface area contributed by atoms with E-state index in [0.717, 1.165) is 38.2 Å². The molecule has 0 spiro atoms. The molecule has 1 aromatic carbocycles. The zero-order valence-corrected chi connectivity index (χ0v) is 11.8. The molecule has 19 heavy (non-hydrogen) atoms. The third-order valence-electron chi connectivity index (χ3n) is 3.10. The zero-order chi connectivity index (χ0) is 13.5. The van der Waals surface area contributed by atoms with Crippen molar-refractivity contribution in [2.45, 2.75) is 32.9 Å². The van der Waals surface area contributed by atoms with E-state index in [1.807, 2.05) is 18.5 Å². The van der Waals surface area contributed by atoms with Crippen LogP contribution in [-0.4, -0.2) is 35.4 Å². The highest BCUT2D eigenvalue weighted by Crippen LogP contribution is 2.12. The number of imidazole rings is 1. The Morgan fingerprint density at radius 1 is 1.32 bits per heavy atom. The summed E-state index contributed by atoms with van der Waals surface area (Å²) in [5.41, 5.74) is 2.23. The van der Waals surface area contributed by atoms with E-state index in [1.54, 1.807) is 0 Å². The first kappa shape index (κ1) is 14.0. The number of nitrogens with one attached hydrogen (secondary N) is 1. The number of benzene rings is 1. The van der Waals surface area contributed by atoms with Crippen LogP contribution in [-0.2, 0) is 11.3 Å². The maximum atomic E-state index is 5.66. The fourth-order valence-electron chi connectivity index (χ4n) is 2.23. The fraction of sp³-hybridized carbons (Fsp3) is 0.533. The molecule has 0 amide bonds. The van der Waals surface area contributed by atoms with Crippen molar-refractivity contribution in [2.75, 3.05) is 19.8 Å². The maximum absolute atomic E-state index is 5.66. The van der Waals surface area contributed by atoms with Gasteiger partial charge in [-0.05, 0) is 25.1 Å². The Balaban J connectivity index is 2.03. The lowest BCUT2D eigenvalue weighted by Crippen LogP contribution is -2.37. The lowest BCUT2D eigenvalue weighted by molar-refractivity contribution is 0.107. The number of nitrogens with zero attached hydrogens (tertiary/aromatic N) is 2. The summed E-state index contributed by atoms with van der Waals surface area (Å²) in [5.74, 6) is 0. The van der Waals surface area contributed by atoms with Crippen molar-refractivity contribution in [2.24, 2.45) is 0 Å². The molecule has 1 aromatic heterocycles. The number of ether oxygens (including phenoxy) is 1. The van der Waals surface area contributed by atoms with E-state index in [-0.39, 0.29) is 0 Å². The van der Waals surface area contributed by atoms with Crippen LogP contribution < -0.4 is 5.32 Å². The molecule has 1 atom stereocenters. The van der Waals surface area contributed by atoms with Crippen molar-refractivity contribution in [1.29, 1.82) is 0 Å². The largest absolute Gasteiger partial charge is 0.380 e. The van der Waals surface area contributed by atoms with Gasteiger partial charge >= 0.3 is 0 Å². The van der Waals surface area contributed by atoms with Crippen molar-refractivity contribution < 1.29 is 4.74 Å². The Hall–Kier alpha value is -1.39. The van der Waals surface area contributed by atoms with Gasteiger partial charge in [-0.25, -0.2) is 4.98 Å². The Morgan fingerprint density at radius 2 is 2.16 bits per heavy atom. The second-order valence-corrected chi connectivity index (χ2v) is 4.72. The third-order valence-corrected chi connectivity index (χ3v) is 3.10. The molecule has 0 aliphatic rings. The molecule has 2 rings (SSSR count). The van der Waals surface area contributed by atoms with Crippen LogP contribution in [0.25, 0.3) is 11.0 Å². The smallest absolute Gasteiger partial charge is 0.0958 e. The molecule has 4 nitrogen and oxygen atoms in total. The molecular formula is C15H23N3O. The minimum Gasteiger partial charge on any atom is -0.380 e. The predicted molar refractivity (Wildman–Crippen MR) is 78.3 cm³/mol. The van der Waals surface area contributed by atoms with E-state index < -0.39 is 0 Å². The monoisotopic (exact) mass is 261 g/mol. The number of hydrogen-bond donors (Lipinski definition) is 1. The summed E-state index contributed by atoms with van der Waals surface area (Å²) < 4.78 is 7.85. The van der Waals surface area contributed by atoms with E-state index in [4.69, 9.17) is 4.74 Å². The van der Waals surface area contributed by atoms with Gasteiger partial charge in [-0.15, -0.1) is 0 Å². The van der Waals surface area contributed by atoms with Crippen molar-refractivity contribution in [1.82, 2.24) is 14.9 Å². The molecule has 2 aromatic rings. The summed E-state index contributed by atoms with van der Waals surface area (Å²) in [6, 6.07) is 8.55. The first-order valence-electron chi connectivity index (χ1n) is 7.06. The molecular weight excluding hydrogens is 238 g/mol. The van der Waals surface area contributed by atoms with Gasteiger partial charge in [0, 0.05) is 19.2 Å². The normalized spacial score (nSPS) is 12.9. The second-order valence-electron chi connectivity index (χ2n) is 4.72.